The topological polar surface area (TPSA) is 39.7 Å². The molecule has 27 heavy (non-hydrogen) atoms. The van der Waals surface area contributed by atoms with E-state index >= 15 is 0 Å². The van der Waals surface area contributed by atoms with Crippen molar-refractivity contribution in [3.63, 3.8) is 0 Å². The van der Waals surface area contributed by atoms with Crippen LogP contribution in [-0.4, -0.2) is 34.0 Å². The summed E-state index contributed by atoms with van der Waals surface area (Å²) in [4.78, 5) is 0. The third-order valence-electron chi connectivity index (χ3n) is 5.45. The number of ether oxygens (including phenoxy) is 3. The minimum absolute atomic E-state index is 0.101. The van der Waals surface area contributed by atoms with E-state index in [2.05, 4.69) is 36.5 Å². The standard InChI is InChI=1S/C22H28ClNO3/c1-16-6-4-5-7-18(16)22(8-10-27-11-9-22)15-24-14-17-12-19(23)21(26-3)20(13-17)25-2/h4-7,12-13,24H,8-11,14-15H2,1-3H3. The van der Waals surface area contributed by atoms with Gasteiger partial charge in [-0.3, -0.25) is 0 Å². The summed E-state index contributed by atoms with van der Waals surface area (Å²) >= 11 is 6.34. The van der Waals surface area contributed by atoms with Crippen molar-refractivity contribution in [1.82, 2.24) is 5.32 Å². The van der Waals surface area contributed by atoms with Gasteiger partial charge in [0.15, 0.2) is 11.5 Å². The van der Waals surface area contributed by atoms with Gasteiger partial charge in [0, 0.05) is 31.7 Å². The molecule has 146 valence electrons. The monoisotopic (exact) mass is 389 g/mol. The molecule has 2 aromatic rings. The Bertz CT molecular complexity index is 772. The highest BCUT2D eigenvalue weighted by molar-refractivity contribution is 6.32. The zero-order valence-electron chi connectivity index (χ0n) is 16.3. The number of nitrogens with one attached hydrogen (secondary N) is 1. The Kier molecular flexibility index (Phi) is 6.64. The Morgan fingerprint density at radius 3 is 2.52 bits per heavy atom. The molecule has 0 spiro atoms. The number of rotatable bonds is 7. The molecule has 0 bridgehead atoms. The van der Waals surface area contributed by atoms with Gasteiger partial charge in [-0.25, -0.2) is 0 Å². The molecule has 1 aliphatic rings. The van der Waals surface area contributed by atoms with Crippen LogP contribution >= 0.6 is 11.6 Å². The van der Waals surface area contributed by atoms with Crippen LogP contribution in [0.2, 0.25) is 5.02 Å². The molecule has 4 nitrogen and oxygen atoms in total. The van der Waals surface area contributed by atoms with Crippen molar-refractivity contribution in [2.45, 2.75) is 31.7 Å². The van der Waals surface area contributed by atoms with Crippen LogP contribution in [0.3, 0.4) is 0 Å². The van der Waals surface area contributed by atoms with Gasteiger partial charge in [-0.15, -0.1) is 0 Å². The molecule has 1 aliphatic heterocycles. The second kappa shape index (κ2) is 8.96. The molecule has 0 unspecified atom stereocenters. The molecule has 1 fully saturated rings. The van der Waals surface area contributed by atoms with E-state index in [4.69, 9.17) is 25.8 Å². The maximum absolute atomic E-state index is 6.34. The number of hydrogen-bond acceptors (Lipinski definition) is 4. The Hall–Kier alpha value is -1.75. The molecule has 0 amide bonds. The summed E-state index contributed by atoms with van der Waals surface area (Å²) in [5.41, 5.74) is 3.94. The number of aryl methyl sites for hydroxylation is 1. The number of methoxy groups -OCH3 is 2. The SMILES string of the molecule is COc1cc(CNCC2(c3ccccc3C)CCOCC2)cc(Cl)c1OC. The summed E-state index contributed by atoms with van der Waals surface area (Å²) in [6.45, 7) is 5.42. The zero-order valence-corrected chi connectivity index (χ0v) is 17.1. The summed E-state index contributed by atoms with van der Waals surface area (Å²) in [5.74, 6) is 1.23. The maximum atomic E-state index is 6.34. The number of benzene rings is 2. The van der Waals surface area contributed by atoms with Crippen molar-refractivity contribution >= 4 is 11.6 Å². The molecule has 1 saturated heterocycles. The van der Waals surface area contributed by atoms with Gasteiger partial charge in [0.1, 0.15) is 0 Å². The van der Waals surface area contributed by atoms with Crippen molar-refractivity contribution < 1.29 is 14.2 Å². The normalized spacial score (nSPS) is 16.1. The first-order chi connectivity index (χ1) is 13.1. The first-order valence-electron chi connectivity index (χ1n) is 9.34. The van der Waals surface area contributed by atoms with E-state index in [1.54, 1.807) is 14.2 Å². The molecular formula is C22H28ClNO3. The summed E-state index contributed by atoms with van der Waals surface area (Å²) in [6.07, 6.45) is 2.05. The van der Waals surface area contributed by atoms with Gasteiger partial charge >= 0.3 is 0 Å². The zero-order chi connectivity index (χ0) is 19.3. The van der Waals surface area contributed by atoms with E-state index in [9.17, 15) is 0 Å². The van der Waals surface area contributed by atoms with E-state index in [0.29, 0.717) is 23.1 Å². The quantitative estimate of drug-likeness (QED) is 0.756. The van der Waals surface area contributed by atoms with Gasteiger partial charge in [-0.05, 0) is 48.6 Å². The third-order valence-corrected chi connectivity index (χ3v) is 5.73. The van der Waals surface area contributed by atoms with Gasteiger partial charge in [0.05, 0.1) is 19.2 Å². The highest BCUT2D eigenvalue weighted by atomic mass is 35.5. The summed E-state index contributed by atoms with van der Waals surface area (Å²) in [6, 6.07) is 12.6. The van der Waals surface area contributed by atoms with Crippen LogP contribution in [0, 0.1) is 6.92 Å². The van der Waals surface area contributed by atoms with Crippen LogP contribution in [0.25, 0.3) is 0 Å². The van der Waals surface area contributed by atoms with Crippen LogP contribution in [0.5, 0.6) is 11.5 Å². The molecule has 0 aromatic heterocycles. The molecular weight excluding hydrogens is 362 g/mol. The Labute approximate surface area is 166 Å². The minimum Gasteiger partial charge on any atom is -0.493 e. The lowest BCUT2D eigenvalue weighted by Gasteiger charge is -2.39. The van der Waals surface area contributed by atoms with Gasteiger partial charge in [0.25, 0.3) is 0 Å². The highest BCUT2D eigenvalue weighted by Gasteiger charge is 2.35. The lowest BCUT2D eigenvalue weighted by Crippen LogP contribution is -2.43. The molecule has 1 heterocycles. The van der Waals surface area contributed by atoms with E-state index in [1.807, 2.05) is 12.1 Å². The summed E-state index contributed by atoms with van der Waals surface area (Å²) < 4.78 is 16.4. The van der Waals surface area contributed by atoms with Crippen molar-refractivity contribution in [3.8, 4) is 11.5 Å². The molecule has 0 atom stereocenters. The van der Waals surface area contributed by atoms with Crippen LogP contribution in [0.4, 0.5) is 0 Å². The van der Waals surface area contributed by atoms with Crippen molar-refractivity contribution in [2.24, 2.45) is 0 Å². The summed E-state index contributed by atoms with van der Waals surface area (Å²) in [7, 11) is 3.22. The predicted molar refractivity (Wildman–Crippen MR) is 109 cm³/mol. The molecule has 0 radical (unpaired) electrons. The lowest BCUT2D eigenvalue weighted by atomic mass is 9.72. The van der Waals surface area contributed by atoms with E-state index in [0.717, 1.165) is 38.2 Å². The highest BCUT2D eigenvalue weighted by Crippen LogP contribution is 2.37. The first kappa shape index (κ1) is 20.0. The Balaban J connectivity index is 1.76. The van der Waals surface area contributed by atoms with Crippen molar-refractivity contribution in [1.29, 1.82) is 0 Å². The fraction of sp³-hybridized carbons (Fsp3) is 0.455. The van der Waals surface area contributed by atoms with Gasteiger partial charge < -0.3 is 19.5 Å². The predicted octanol–water partition coefficient (Wildman–Crippen LogP) is 4.50. The smallest absolute Gasteiger partial charge is 0.179 e. The van der Waals surface area contributed by atoms with Crippen molar-refractivity contribution in [2.75, 3.05) is 34.0 Å². The summed E-state index contributed by atoms with van der Waals surface area (Å²) in [5, 5.41) is 4.21. The maximum Gasteiger partial charge on any atom is 0.179 e. The van der Waals surface area contributed by atoms with Crippen molar-refractivity contribution in [3.05, 3.63) is 58.1 Å². The second-order valence-electron chi connectivity index (χ2n) is 7.12. The van der Waals surface area contributed by atoms with E-state index < -0.39 is 0 Å². The molecule has 3 rings (SSSR count). The Morgan fingerprint density at radius 2 is 1.85 bits per heavy atom. The molecule has 0 aliphatic carbocycles. The van der Waals surface area contributed by atoms with Gasteiger partial charge in [-0.2, -0.15) is 0 Å². The first-order valence-corrected chi connectivity index (χ1v) is 9.72. The van der Waals surface area contributed by atoms with Crippen LogP contribution < -0.4 is 14.8 Å². The molecule has 2 aromatic carbocycles. The minimum atomic E-state index is 0.101. The van der Waals surface area contributed by atoms with Crippen LogP contribution in [0.1, 0.15) is 29.5 Å². The Morgan fingerprint density at radius 1 is 1.11 bits per heavy atom. The fourth-order valence-corrected chi connectivity index (χ4v) is 4.30. The van der Waals surface area contributed by atoms with Gasteiger partial charge in [-0.1, -0.05) is 35.9 Å². The van der Waals surface area contributed by atoms with E-state index in [-0.39, 0.29) is 5.41 Å². The van der Waals surface area contributed by atoms with Crippen LogP contribution in [-0.2, 0) is 16.7 Å². The lowest BCUT2D eigenvalue weighted by molar-refractivity contribution is 0.0496. The van der Waals surface area contributed by atoms with Gasteiger partial charge in [0.2, 0.25) is 0 Å². The molecule has 5 heteroatoms. The number of hydrogen-bond donors (Lipinski definition) is 1. The largest absolute Gasteiger partial charge is 0.493 e. The molecule has 0 saturated carbocycles. The van der Waals surface area contributed by atoms with E-state index in [1.165, 1.54) is 11.1 Å². The average molecular weight is 390 g/mol. The third kappa shape index (κ3) is 4.40. The average Bonchev–Trinajstić information content (AvgIpc) is 2.68. The van der Waals surface area contributed by atoms with Crippen LogP contribution in [0.15, 0.2) is 36.4 Å². The molecule has 1 N–H and O–H groups in total. The fourth-order valence-electron chi connectivity index (χ4n) is 3.99. The second-order valence-corrected chi connectivity index (χ2v) is 7.53. The number of halogens is 1.